The first-order valence-electron chi connectivity index (χ1n) is 5.77. The number of halogens is 1. The molecule has 0 aromatic carbocycles. The van der Waals surface area contributed by atoms with Crippen molar-refractivity contribution in [2.45, 2.75) is 19.3 Å². The Balaban J connectivity index is 2.04. The molecule has 94 valence electrons. The zero-order valence-corrected chi connectivity index (χ0v) is 11.4. The summed E-state index contributed by atoms with van der Waals surface area (Å²) in [5, 5.41) is 0.908. The second kappa shape index (κ2) is 6.44. The second-order valence-electron chi connectivity index (χ2n) is 3.81. The van der Waals surface area contributed by atoms with E-state index in [4.69, 9.17) is 4.42 Å². The van der Waals surface area contributed by atoms with Crippen molar-refractivity contribution >= 4 is 21.7 Å². The lowest BCUT2D eigenvalue weighted by Gasteiger charge is -1.95. The van der Waals surface area contributed by atoms with Gasteiger partial charge >= 0.3 is 0 Å². The number of rotatable bonds is 6. The Morgan fingerprint density at radius 2 is 2.17 bits per heavy atom. The fourth-order valence-corrected chi connectivity index (χ4v) is 1.91. The van der Waals surface area contributed by atoms with Gasteiger partial charge in [0.2, 0.25) is 5.78 Å². The molecule has 0 atom stereocenters. The van der Waals surface area contributed by atoms with E-state index >= 15 is 0 Å². The third-order valence-corrected chi connectivity index (χ3v) is 3.01. The smallest absolute Gasteiger partial charge is 0.263 e. The van der Waals surface area contributed by atoms with Gasteiger partial charge in [-0.15, -0.1) is 0 Å². The van der Waals surface area contributed by atoms with E-state index in [1.807, 2.05) is 18.2 Å². The molecule has 0 spiro atoms. The van der Waals surface area contributed by atoms with E-state index in [2.05, 4.69) is 25.9 Å². The van der Waals surface area contributed by atoms with Gasteiger partial charge < -0.3 is 4.42 Å². The van der Waals surface area contributed by atoms with Crippen LogP contribution in [-0.2, 0) is 0 Å². The van der Waals surface area contributed by atoms with Crippen molar-refractivity contribution in [1.29, 1.82) is 0 Å². The van der Waals surface area contributed by atoms with Crippen LogP contribution in [0.5, 0.6) is 0 Å². The number of oxazole rings is 1. The second-order valence-corrected chi connectivity index (χ2v) is 4.61. The number of carbonyl (C=O) groups is 1. The van der Waals surface area contributed by atoms with E-state index in [1.165, 1.54) is 0 Å². The molecule has 0 saturated heterocycles. The first kappa shape index (κ1) is 13.0. The van der Waals surface area contributed by atoms with Gasteiger partial charge in [-0.25, -0.2) is 4.98 Å². The third-order valence-electron chi connectivity index (χ3n) is 2.45. The van der Waals surface area contributed by atoms with Crippen LogP contribution in [0.15, 0.2) is 35.0 Å². The van der Waals surface area contributed by atoms with Crippen molar-refractivity contribution in [3.63, 3.8) is 0 Å². The van der Waals surface area contributed by atoms with Gasteiger partial charge in [0.05, 0.1) is 6.20 Å². The summed E-state index contributed by atoms with van der Waals surface area (Å²) in [5.74, 6) is 0.641. The van der Waals surface area contributed by atoms with Crippen LogP contribution in [0, 0.1) is 0 Å². The molecule has 18 heavy (non-hydrogen) atoms. The van der Waals surface area contributed by atoms with Gasteiger partial charge in [-0.3, -0.25) is 9.78 Å². The van der Waals surface area contributed by atoms with E-state index in [1.54, 1.807) is 12.4 Å². The molecule has 4 nitrogen and oxygen atoms in total. The summed E-state index contributed by atoms with van der Waals surface area (Å²) in [7, 11) is 0. The van der Waals surface area contributed by atoms with E-state index in [9.17, 15) is 4.79 Å². The molecule has 0 radical (unpaired) electrons. The Kier molecular flexibility index (Phi) is 4.64. The van der Waals surface area contributed by atoms with E-state index < -0.39 is 0 Å². The molecule has 0 saturated carbocycles. The van der Waals surface area contributed by atoms with Gasteiger partial charge in [0, 0.05) is 17.9 Å². The van der Waals surface area contributed by atoms with Gasteiger partial charge in [0.1, 0.15) is 5.69 Å². The third kappa shape index (κ3) is 3.26. The first-order chi connectivity index (χ1) is 8.81. The number of pyridine rings is 1. The number of Topliss-reactive ketones (excluding diaryl/α,β-unsaturated/α-hetero) is 1. The normalized spacial score (nSPS) is 10.5. The zero-order chi connectivity index (χ0) is 12.8. The highest BCUT2D eigenvalue weighted by Gasteiger charge is 2.14. The van der Waals surface area contributed by atoms with Crippen molar-refractivity contribution < 1.29 is 9.21 Å². The van der Waals surface area contributed by atoms with E-state index in [0.717, 1.165) is 18.2 Å². The van der Waals surface area contributed by atoms with Gasteiger partial charge in [-0.1, -0.05) is 22.0 Å². The molecular formula is C13H13BrN2O2. The van der Waals surface area contributed by atoms with Crippen molar-refractivity contribution in [1.82, 2.24) is 9.97 Å². The molecule has 2 aromatic rings. The highest BCUT2D eigenvalue weighted by molar-refractivity contribution is 9.09. The molecule has 0 unspecified atom stereocenters. The Morgan fingerprint density at radius 3 is 2.89 bits per heavy atom. The molecule has 0 fully saturated rings. The van der Waals surface area contributed by atoms with Gasteiger partial charge in [-0.05, 0) is 25.0 Å². The number of carbonyl (C=O) groups excluding carboxylic acids is 1. The average Bonchev–Trinajstić information content (AvgIpc) is 2.89. The maximum absolute atomic E-state index is 11.8. The first-order valence-corrected chi connectivity index (χ1v) is 6.90. The Bertz CT molecular complexity index is 511. The highest BCUT2D eigenvalue weighted by Crippen LogP contribution is 2.18. The minimum Gasteiger partial charge on any atom is -0.432 e. The Labute approximate surface area is 114 Å². The Morgan fingerprint density at radius 1 is 1.28 bits per heavy atom. The number of alkyl halides is 1. The molecule has 2 heterocycles. The van der Waals surface area contributed by atoms with Crippen LogP contribution in [-0.4, -0.2) is 21.1 Å². The SMILES string of the molecule is O=C(CCCCBr)c1ncc(-c2ccccn2)o1. The van der Waals surface area contributed by atoms with Gasteiger partial charge in [0.15, 0.2) is 5.76 Å². The number of unbranched alkanes of at least 4 members (excludes halogenated alkanes) is 1. The predicted molar refractivity (Wildman–Crippen MR) is 71.7 cm³/mol. The standard InChI is InChI=1S/C13H13BrN2O2/c14-7-3-1-6-11(17)13-16-9-12(18-13)10-5-2-4-8-15-10/h2,4-5,8-9H,1,3,6-7H2. The van der Waals surface area contributed by atoms with Crippen molar-refractivity contribution in [2.24, 2.45) is 0 Å². The van der Waals surface area contributed by atoms with E-state index in [0.29, 0.717) is 17.9 Å². The van der Waals surface area contributed by atoms with Gasteiger partial charge in [0.25, 0.3) is 5.89 Å². The van der Waals surface area contributed by atoms with Crippen molar-refractivity contribution in [3.05, 3.63) is 36.5 Å². The molecule has 0 amide bonds. The average molecular weight is 309 g/mol. The number of hydrogen-bond acceptors (Lipinski definition) is 4. The zero-order valence-electron chi connectivity index (χ0n) is 9.80. The van der Waals surface area contributed by atoms with Crippen LogP contribution in [0.25, 0.3) is 11.5 Å². The largest absolute Gasteiger partial charge is 0.432 e. The molecule has 0 bridgehead atoms. The molecule has 2 rings (SSSR count). The summed E-state index contributed by atoms with van der Waals surface area (Å²) < 4.78 is 5.43. The summed E-state index contributed by atoms with van der Waals surface area (Å²) in [5.41, 5.74) is 0.685. The topological polar surface area (TPSA) is 56.0 Å². The summed E-state index contributed by atoms with van der Waals surface area (Å²) in [6.45, 7) is 0. The predicted octanol–water partition coefficient (Wildman–Crippen LogP) is 3.48. The van der Waals surface area contributed by atoms with Crippen LogP contribution >= 0.6 is 15.9 Å². The minimum absolute atomic E-state index is 0.0573. The van der Waals surface area contributed by atoms with Crippen LogP contribution in [0.1, 0.15) is 29.9 Å². The maximum Gasteiger partial charge on any atom is 0.263 e. The monoisotopic (exact) mass is 308 g/mol. The lowest BCUT2D eigenvalue weighted by molar-refractivity contribution is 0.0947. The number of hydrogen-bond donors (Lipinski definition) is 0. The maximum atomic E-state index is 11.8. The lowest BCUT2D eigenvalue weighted by atomic mass is 10.2. The summed E-state index contributed by atoms with van der Waals surface area (Å²) in [4.78, 5) is 19.9. The highest BCUT2D eigenvalue weighted by atomic mass is 79.9. The molecule has 0 aliphatic carbocycles. The summed E-state index contributed by atoms with van der Waals surface area (Å²) >= 11 is 3.33. The number of aromatic nitrogens is 2. The quantitative estimate of drug-likeness (QED) is 0.466. The molecule has 0 aliphatic rings. The van der Waals surface area contributed by atoms with Crippen LogP contribution < -0.4 is 0 Å². The number of ketones is 1. The van der Waals surface area contributed by atoms with Crippen molar-refractivity contribution in [3.8, 4) is 11.5 Å². The summed E-state index contributed by atoms with van der Waals surface area (Å²) in [6.07, 6.45) is 5.49. The molecule has 0 aliphatic heterocycles. The Hall–Kier alpha value is -1.49. The van der Waals surface area contributed by atoms with Crippen molar-refractivity contribution in [2.75, 3.05) is 5.33 Å². The molecule has 0 N–H and O–H groups in total. The van der Waals surface area contributed by atoms with Gasteiger partial charge in [-0.2, -0.15) is 0 Å². The van der Waals surface area contributed by atoms with Crippen LogP contribution in [0.3, 0.4) is 0 Å². The molecule has 2 aromatic heterocycles. The van der Waals surface area contributed by atoms with E-state index in [-0.39, 0.29) is 11.7 Å². The van der Waals surface area contributed by atoms with Crippen LogP contribution in [0.4, 0.5) is 0 Å². The lowest BCUT2D eigenvalue weighted by Crippen LogP contribution is -1.98. The number of nitrogens with zero attached hydrogens (tertiary/aromatic N) is 2. The fraction of sp³-hybridized carbons (Fsp3) is 0.308. The van der Waals surface area contributed by atoms with Crippen LogP contribution in [0.2, 0.25) is 0 Å². The molecular weight excluding hydrogens is 296 g/mol. The minimum atomic E-state index is -0.0573. The summed E-state index contributed by atoms with van der Waals surface area (Å²) in [6, 6.07) is 5.51. The molecule has 5 heteroatoms. The fourth-order valence-electron chi connectivity index (χ4n) is 1.52.